The van der Waals surface area contributed by atoms with Crippen LogP contribution in [0.2, 0.25) is 0 Å². The Kier molecular flexibility index (Phi) is 1.36. The van der Waals surface area contributed by atoms with E-state index in [1.54, 1.807) is 6.08 Å². The van der Waals surface area contributed by atoms with Crippen molar-refractivity contribution in [3.63, 3.8) is 0 Å². The molecule has 3 aliphatic carbocycles. The highest BCUT2D eigenvalue weighted by Crippen LogP contribution is 2.59. The molecule has 0 aromatic rings. The Morgan fingerprint density at radius 1 is 1.58 bits per heavy atom. The number of hydrogen-bond donors (Lipinski definition) is 1. The first-order valence-electron chi connectivity index (χ1n) is 4.56. The molecule has 0 aromatic heterocycles. The van der Waals surface area contributed by atoms with E-state index in [0.29, 0.717) is 11.8 Å². The zero-order valence-electron chi connectivity index (χ0n) is 7.75. The van der Waals surface area contributed by atoms with Gasteiger partial charge in [-0.15, -0.1) is 0 Å². The molecule has 3 atom stereocenters. The second-order valence-electron chi connectivity index (χ2n) is 4.67. The Morgan fingerprint density at radius 2 is 2.25 bits per heavy atom. The SMILES string of the molecule is C=C[C@]1(O)C=C[C@@H]2C[C@H]1C2(C)C. The minimum Gasteiger partial charge on any atom is -0.381 e. The van der Waals surface area contributed by atoms with Gasteiger partial charge >= 0.3 is 0 Å². The van der Waals surface area contributed by atoms with Gasteiger partial charge in [0.1, 0.15) is 5.60 Å². The summed E-state index contributed by atoms with van der Waals surface area (Å²) in [7, 11) is 0. The fourth-order valence-electron chi connectivity index (χ4n) is 2.67. The molecule has 1 saturated carbocycles. The van der Waals surface area contributed by atoms with Crippen molar-refractivity contribution in [2.75, 3.05) is 0 Å². The van der Waals surface area contributed by atoms with E-state index in [9.17, 15) is 5.11 Å². The molecule has 66 valence electrons. The lowest BCUT2D eigenvalue weighted by Gasteiger charge is -2.59. The Bertz CT molecular complexity index is 252. The molecule has 3 aliphatic rings. The standard InChI is InChI=1S/C11H16O/c1-4-11(12)6-5-8-7-9(11)10(8,2)3/h4-6,8-9,12H,1,7H2,2-3H3/t8-,9+,11+/m1/s1. The van der Waals surface area contributed by atoms with Crippen LogP contribution in [0.3, 0.4) is 0 Å². The van der Waals surface area contributed by atoms with E-state index in [-0.39, 0.29) is 5.41 Å². The molecule has 0 radical (unpaired) electrons. The highest BCUT2D eigenvalue weighted by Gasteiger charge is 2.57. The number of aliphatic hydroxyl groups is 1. The summed E-state index contributed by atoms with van der Waals surface area (Å²) in [4.78, 5) is 0. The third-order valence-corrected chi connectivity index (χ3v) is 3.82. The molecule has 0 amide bonds. The van der Waals surface area contributed by atoms with Crippen LogP contribution in [-0.4, -0.2) is 10.7 Å². The van der Waals surface area contributed by atoms with Gasteiger partial charge in [0.15, 0.2) is 0 Å². The van der Waals surface area contributed by atoms with Gasteiger partial charge in [0.25, 0.3) is 0 Å². The molecule has 0 unspecified atom stereocenters. The first-order chi connectivity index (χ1) is 5.50. The van der Waals surface area contributed by atoms with Crippen molar-refractivity contribution in [3.05, 3.63) is 24.8 Å². The third-order valence-electron chi connectivity index (χ3n) is 3.82. The minimum absolute atomic E-state index is 0.262. The van der Waals surface area contributed by atoms with Crippen LogP contribution in [0.4, 0.5) is 0 Å². The van der Waals surface area contributed by atoms with Gasteiger partial charge in [-0.2, -0.15) is 0 Å². The first-order valence-corrected chi connectivity index (χ1v) is 4.56. The van der Waals surface area contributed by atoms with E-state index < -0.39 is 5.60 Å². The lowest BCUT2D eigenvalue weighted by atomic mass is 9.47. The Hall–Kier alpha value is -0.560. The van der Waals surface area contributed by atoms with Crippen molar-refractivity contribution < 1.29 is 5.11 Å². The molecular formula is C11H16O. The second-order valence-corrected chi connectivity index (χ2v) is 4.67. The Morgan fingerprint density at radius 3 is 2.58 bits per heavy atom. The van der Waals surface area contributed by atoms with Gasteiger partial charge < -0.3 is 5.11 Å². The summed E-state index contributed by atoms with van der Waals surface area (Å²) >= 11 is 0. The average molecular weight is 164 g/mol. The quantitative estimate of drug-likeness (QED) is 0.589. The van der Waals surface area contributed by atoms with Crippen LogP contribution in [0.25, 0.3) is 0 Å². The van der Waals surface area contributed by atoms with Gasteiger partial charge in [-0.3, -0.25) is 0 Å². The summed E-state index contributed by atoms with van der Waals surface area (Å²) < 4.78 is 0. The third kappa shape index (κ3) is 0.726. The predicted molar refractivity (Wildman–Crippen MR) is 49.7 cm³/mol. The van der Waals surface area contributed by atoms with Crippen LogP contribution >= 0.6 is 0 Å². The zero-order chi connectivity index (χ0) is 8.98. The van der Waals surface area contributed by atoms with Crippen LogP contribution in [0.15, 0.2) is 24.8 Å². The van der Waals surface area contributed by atoms with Crippen LogP contribution < -0.4 is 0 Å². The molecule has 1 N–H and O–H groups in total. The highest BCUT2D eigenvalue weighted by molar-refractivity contribution is 5.28. The van der Waals surface area contributed by atoms with Gasteiger partial charge in [0.2, 0.25) is 0 Å². The Balaban J connectivity index is 2.39. The monoisotopic (exact) mass is 164 g/mol. The highest BCUT2D eigenvalue weighted by atomic mass is 16.3. The maximum absolute atomic E-state index is 10.1. The van der Waals surface area contributed by atoms with Gasteiger partial charge in [-0.1, -0.05) is 38.7 Å². The van der Waals surface area contributed by atoms with E-state index in [1.165, 1.54) is 0 Å². The maximum Gasteiger partial charge on any atom is 0.104 e. The predicted octanol–water partition coefficient (Wildman–Crippen LogP) is 2.14. The molecule has 0 aromatic carbocycles. The smallest absolute Gasteiger partial charge is 0.104 e. The van der Waals surface area contributed by atoms with E-state index in [2.05, 4.69) is 26.5 Å². The van der Waals surface area contributed by atoms with Crippen LogP contribution in [-0.2, 0) is 0 Å². The van der Waals surface area contributed by atoms with E-state index in [1.807, 2.05) is 6.08 Å². The number of rotatable bonds is 1. The molecule has 0 heterocycles. The van der Waals surface area contributed by atoms with Gasteiger partial charge in [-0.05, 0) is 17.8 Å². The van der Waals surface area contributed by atoms with Gasteiger partial charge in [-0.25, -0.2) is 0 Å². The van der Waals surface area contributed by atoms with Crippen molar-refractivity contribution in [2.24, 2.45) is 17.3 Å². The fourth-order valence-corrected chi connectivity index (χ4v) is 2.67. The number of fused-ring (bicyclic) bond motifs is 1. The molecule has 0 spiro atoms. The summed E-state index contributed by atoms with van der Waals surface area (Å²) in [5.74, 6) is 1.04. The summed E-state index contributed by atoms with van der Waals surface area (Å²) in [5.41, 5.74) is -0.476. The van der Waals surface area contributed by atoms with Crippen LogP contribution in [0.5, 0.6) is 0 Å². The first kappa shape index (κ1) is 8.06. The van der Waals surface area contributed by atoms with Crippen LogP contribution in [0.1, 0.15) is 20.3 Å². The topological polar surface area (TPSA) is 20.2 Å². The molecule has 0 aliphatic heterocycles. The van der Waals surface area contributed by atoms with Gasteiger partial charge in [0, 0.05) is 5.92 Å². The van der Waals surface area contributed by atoms with Crippen molar-refractivity contribution in [3.8, 4) is 0 Å². The van der Waals surface area contributed by atoms with E-state index in [0.717, 1.165) is 6.42 Å². The largest absolute Gasteiger partial charge is 0.381 e. The van der Waals surface area contributed by atoms with Crippen molar-refractivity contribution in [1.82, 2.24) is 0 Å². The van der Waals surface area contributed by atoms with Crippen molar-refractivity contribution >= 4 is 0 Å². The average Bonchev–Trinajstić information content (AvgIpc) is 2.04. The summed E-state index contributed by atoms with van der Waals surface area (Å²) in [6.07, 6.45) is 6.84. The molecule has 12 heavy (non-hydrogen) atoms. The van der Waals surface area contributed by atoms with Crippen molar-refractivity contribution in [1.29, 1.82) is 0 Å². The molecule has 0 saturated heterocycles. The number of hydrogen-bond acceptors (Lipinski definition) is 1. The Labute approximate surface area is 73.8 Å². The van der Waals surface area contributed by atoms with E-state index >= 15 is 0 Å². The molecule has 3 rings (SSSR count). The molecule has 1 nitrogen and oxygen atoms in total. The molecule has 1 fully saturated rings. The molecule has 2 bridgehead atoms. The molecule has 1 heteroatoms. The van der Waals surface area contributed by atoms with Gasteiger partial charge in [0.05, 0.1) is 0 Å². The normalized spacial score (nSPS) is 48.2. The summed E-state index contributed by atoms with van der Waals surface area (Å²) in [6, 6.07) is 0. The minimum atomic E-state index is -0.738. The fraction of sp³-hybridized carbons (Fsp3) is 0.636. The second kappa shape index (κ2) is 2.02. The summed E-state index contributed by atoms with van der Waals surface area (Å²) in [5, 5.41) is 10.1. The number of allylic oxidation sites excluding steroid dienone is 1. The van der Waals surface area contributed by atoms with E-state index in [4.69, 9.17) is 0 Å². The lowest BCUT2D eigenvalue weighted by Crippen LogP contribution is -2.57. The molecular weight excluding hydrogens is 148 g/mol. The summed E-state index contributed by atoms with van der Waals surface area (Å²) in [6.45, 7) is 8.15. The van der Waals surface area contributed by atoms with Crippen LogP contribution in [0, 0.1) is 17.3 Å². The lowest BCUT2D eigenvalue weighted by molar-refractivity contribution is -0.107. The zero-order valence-corrected chi connectivity index (χ0v) is 7.75. The maximum atomic E-state index is 10.1. The van der Waals surface area contributed by atoms with Crippen molar-refractivity contribution in [2.45, 2.75) is 25.9 Å².